The largest absolute Gasteiger partial charge is 0.389 e. The lowest BCUT2D eigenvalue weighted by Gasteiger charge is -2.20. The predicted molar refractivity (Wildman–Crippen MR) is 152 cm³/mol. The Labute approximate surface area is 221 Å². The quantitative estimate of drug-likeness (QED) is 0.239. The highest BCUT2D eigenvalue weighted by Crippen LogP contribution is 2.27. The van der Waals surface area contributed by atoms with Crippen LogP contribution in [0.4, 0.5) is 11.4 Å². The second-order valence-corrected chi connectivity index (χ2v) is 10.4. The molecule has 0 aromatic heterocycles. The third-order valence-electron chi connectivity index (χ3n) is 5.74. The molecule has 0 heterocycles. The summed E-state index contributed by atoms with van der Waals surface area (Å²) < 4.78 is 23.9. The van der Waals surface area contributed by atoms with Crippen molar-refractivity contribution in [2.45, 2.75) is 17.4 Å². The fourth-order valence-electron chi connectivity index (χ4n) is 3.94. The van der Waals surface area contributed by atoms with Crippen molar-refractivity contribution in [2.75, 3.05) is 10.6 Å². The van der Waals surface area contributed by atoms with Crippen LogP contribution in [0.15, 0.2) is 108 Å². The molecule has 6 N–H and O–H groups in total. The third-order valence-corrected chi connectivity index (χ3v) is 6.95. The van der Waals surface area contributed by atoms with Crippen LogP contribution in [-0.2, 0) is 21.2 Å². The number of nitrogens with two attached hydrogens (primary N) is 2. The van der Waals surface area contributed by atoms with Gasteiger partial charge in [-0.05, 0) is 41.5 Å². The maximum atomic E-state index is 13.4. The highest BCUT2D eigenvalue weighted by molar-refractivity contribution is 7.89. The van der Waals surface area contributed by atoms with Gasteiger partial charge in [-0.2, -0.15) is 0 Å². The van der Waals surface area contributed by atoms with Crippen molar-refractivity contribution in [1.82, 2.24) is 0 Å². The number of hydrogen-bond acceptors (Lipinski definition) is 5. The molecule has 4 aromatic rings. The number of benzene rings is 4. The maximum absolute atomic E-state index is 13.4. The van der Waals surface area contributed by atoms with Crippen LogP contribution in [0.1, 0.15) is 11.1 Å². The first-order valence-electron chi connectivity index (χ1n) is 11.4. The number of rotatable bonds is 9. The number of carbonyl (C=O) groups excluding carboxylic acids is 1. The second-order valence-electron chi connectivity index (χ2n) is 8.44. The molecule has 7 nitrogen and oxygen atoms in total. The van der Waals surface area contributed by atoms with E-state index >= 15 is 0 Å². The molecular formula is C28H26N4O3S2. The number of anilines is 2. The van der Waals surface area contributed by atoms with E-state index in [0.717, 1.165) is 11.3 Å². The highest BCUT2D eigenvalue weighted by atomic mass is 32.2. The minimum absolute atomic E-state index is 0.0399. The van der Waals surface area contributed by atoms with Crippen molar-refractivity contribution in [1.29, 1.82) is 0 Å². The number of sulfonamides is 1. The van der Waals surface area contributed by atoms with Gasteiger partial charge in [0.05, 0.1) is 4.90 Å². The zero-order valence-electron chi connectivity index (χ0n) is 19.8. The van der Waals surface area contributed by atoms with Crippen molar-refractivity contribution in [3.8, 4) is 11.1 Å². The molecular weight excluding hydrogens is 504 g/mol. The van der Waals surface area contributed by atoms with Crippen LogP contribution in [0.25, 0.3) is 11.1 Å². The molecule has 0 radical (unpaired) electrons. The van der Waals surface area contributed by atoms with E-state index in [1.54, 1.807) is 42.5 Å². The number of hydrogen-bond donors (Lipinski definition) is 4. The minimum atomic E-state index is -3.88. The number of carbonyl (C=O) groups is 1. The summed E-state index contributed by atoms with van der Waals surface area (Å²) in [5.74, 6) is -0.234. The Morgan fingerprint density at radius 2 is 1.51 bits per heavy atom. The van der Waals surface area contributed by atoms with Crippen molar-refractivity contribution in [3.05, 3.63) is 114 Å². The van der Waals surface area contributed by atoms with Gasteiger partial charge in [-0.1, -0.05) is 85.0 Å². The Kier molecular flexibility index (Phi) is 7.98. The fourth-order valence-corrected chi connectivity index (χ4v) is 4.83. The van der Waals surface area contributed by atoms with Gasteiger partial charge < -0.3 is 16.4 Å². The molecule has 0 spiro atoms. The zero-order valence-corrected chi connectivity index (χ0v) is 21.4. The van der Waals surface area contributed by atoms with Crippen LogP contribution in [-0.4, -0.2) is 25.4 Å². The molecule has 4 rings (SSSR count). The molecule has 37 heavy (non-hydrogen) atoms. The lowest BCUT2D eigenvalue weighted by molar-refractivity contribution is -0.116. The van der Waals surface area contributed by atoms with E-state index in [9.17, 15) is 13.2 Å². The van der Waals surface area contributed by atoms with E-state index in [1.807, 2.05) is 54.6 Å². The molecule has 0 aliphatic rings. The smallest absolute Gasteiger partial charge is 0.247 e. The summed E-state index contributed by atoms with van der Waals surface area (Å²) in [5, 5.41) is 11.6. The Hall–Kier alpha value is -4.05. The fraction of sp³-hybridized carbons (Fsp3) is 0.0714. The van der Waals surface area contributed by atoms with Crippen LogP contribution < -0.4 is 21.5 Å². The van der Waals surface area contributed by atoms with Crippen LogP contribution in [0, 0.1) is 0 Å². The average molecular weight is 531 g/mol. The predicted octanol–water partition coefficient (Wildman–Crippen LogP) is 4.30. The minimum Gasteiger partial charge on any atom is -0.389 e. The standard InChI is InChI=1S/C28H26N4O3S2/c29-27(36)21-9-6-10-23(18-21)31-25(17-19-7-2-1-3-8-19)28(33)32-22-15-13-20(14-16-22)24-11-4-5-12-26(24)37(30,34)35/h1-16,18,25,31H,17H2,(H2,29,36)(H,32,33)(H2,30,34,35)/t25-/m0/s1. The van der Waals surface area contributed by atoms with Gasteiger partial charge in [0.1, 0.15) is 11.0 Å². The van der Waals surface area contributed by atoms with Crippen LogP contribution in [0.2, 0.25) is 0 Å². The first-order valence-corrected chi connectivity index (χ1v) is 13.4. The first-order chi connectivity index (χ1) is 17.7. The molecule has 9 heteroatoms. The van der Waals surface area contributed by atoms with E-state index in [4.69, 9.17) is 23.1 Å². The summed E-state index contributed by atoms with van der Waals surface area (Å²) >= 11 is 5.08. The molecule has 0 fully saturated rings. The molecule has 0 aliphatic carbocycles. The number of thiocarbonyl (C=S) groups is 1. The van der Waals surface area contributed by atoms with E-state index in [-0.39, 0.29) is 15.8 Å². The molecule has 0 unspecified atom stereocenters. The van der Waals surface area contributed by atoms with Gasteiger partial charge in [-0.3, -0.25) is 4.79 Å². The highest BCUT2D eigenvalue weighted by Gasteiger charge is 2.20. The molecule has 1 atom stereocenters. The summed E-state index contributed by atoms with van der Waals surface area (Å²) in [4.78, 5) is 13.7. The Morgan fingerprint density at radius 3 is 2.19 bits per heavy atom. The van der Waals surface area contributed by atoms with Gasteiger partial charge in [0.15, 0.2) is 0 Å². The summed E-state index contributed by atoms with van der Waals surface area (Å²) in [6.07, 6.45) is 0.448. The molecule has 188 valence electrons. The molecule has 1 amide bonds. The van der Waals surface area contributed by atoms with Crippen LogP contribution >= 0.6 is 12.2 Å². The SMILES string of the molecule is NC(=S)c1cccc(N[C@@H](Cc2ccccc2)C(=O)Nc2ccc(-c3ccccc3S(N)(=O)=O)cc2)c1. The third kappa shape index (κ3) is 6.79. The van der Waals surface area contributed by atoms with E-state index in [1.165, 1.54) is 6.07 Å². The Bertz CT molecular complexity index is 1520. The Balaban J connectivity index is 1.56. The molecule has 0 saturated carbocycles. The van der Waals surface area contributed by atoms with E-state index in [2.05, 4.69) is 10.6 Å². The molecule has 0 aliphatic heterocycles. The Morgan fingerprint density at radius 1 is 0.838 bits per heavy atom. The van der Waals surface area contributed by atoms with Crippen LogP contribution in [0.5, 0.6) is 0 Å². The summed E-state index contributed by atoms with van der Waals surface area (Å²) in [6.45, 7) is 0. The molecule has 4 aromatic carbocycles. The number of primary sulfonamides is 1. The van der Waals surface area contributed by atoms with Gasteiger partial charge in [-0.25, -0.2) is 13.6 Å². The van der Waals surface area contributed by atoms with Gasteiger partial charge in [0.25, 0.3) is 0 Å². The summed E-state index contributed by atoms with van der Waals surface area (Å²) in [5.41, 5.74) is 9.91. The number of amides is 1. The topological polar surface area (TPSA) is 127 Å². The van der Waals surface area contributed by atoms with Gasteiger partial charge in [0.2, 0.25) is 15.9 Å². The van der Waals surface area contributed by atoms with Gasteiger partial charge in [0, 0.05) is 28.9 Å². The van der Waals surface area contributed by atoms with Crippen molar-refractivity contribution < 1.29 is 13.2 Å². The lowest BCUT2D eigenvalue weighted by atomic mass is 10.0. The van der Waals surface area contributed by atoms with Crippen molar-refractivity contribution >= 4 is 44.5 Å². The van der Waals surface area contributed by atoms with E-state index in [0.29, 0.717) is 28.8 Å². The van der Waals surface area contributed by atoms with Crippen molar-refractivity contribution in [2.24, 2.45) is 10.9 Å². The number of nitrogens with one attached hydrogen (secondary N) is 2. The second kappa shape index (κ2) is 11.3. The van der Waals surface area contributed by atoms with E-state index < -0.39 is 16.1 Å². The van der Waals surface area contributed by atoms with Gasteiger partial charge >= 0.3 is 0 Å². The average Bonchev–Trinajstić information content (AvgIpc) is 2.89. The van der Waals surface area contributed by atoms with Crippen LogP contribution in [0.3, 0.4) is 0 Å². The molecule has 0 bridgehead atoms. The summed E-state index contributed by atoms with van der Waals surface area (Å²) in [6, 6.07) is 29.9. The summed E-state index contributed by atoms with van der Waals surface area (Å²) in [7, 11) is -3.88. The maximum Gasteiger partial charge on any atom is 0.247 e. The lowest BCUT2D eigenvalue weighted by Crippen LogP contribution is -2.36. The van der Waals surface area contributed by atoms with Crippen molar-refractivity contribution in [3.63, 3.8) is 0 Å². The normalized spacial score (nSPS) is 11.9. The monoisotopic (exact) mass is 530 g/mol. The van der Waals surface area contributed by atoms with Gasteiger partial charge in [-0.15, -0.1) is 0 Å². The molecule has 0 saturated heterocycles. The first kappa shape index (κ1) is 26.0. The zero-order chi connectivity index (χ0) is 26.4.